The second-order valence-corrected chi connectivity index (χ2v) is 10.3. The van der Waals surface area contributed by atoms with Gasteiger partial charge in [-0.05, 0) is 63.5 Å². The molecule has 0 amide bonds. The van der Waals surface area contributed by atoms with Gasteiger partial charge in [-0.3, -0.25) is 9.80 Å². The van der Waals surface area contributed by atoms with Gasteiger partial charge in [0.2, 0.25) is 0 Å². The summed E-state index contributed by atoms with van der Waals surface area (Å²) >= 11 is 0. The van der Waals surface area contributed by atoms with E-state index in [0.717, 1.165) is 0 Å². The van der Waals surface area contributed by atoms with Crippen LogP contribution in [0.3, 0.4) is 0 Å². The highest BCUT2D eigenvalue weighted by Gasteiger charge is 2.24. The molecule has 0 saturated carbocycles. The highest BCUT2D eigenvalue weighted by Crippen LogP contribution is 2.16. The standard InChI is InChI=1S/C26H48N2Si/c1-6-11-18-27(19-12-7-2)26(28(20-13-8-3)21-14-9-4)23-29-25-17-15-16-24(10-5)22-25/h10,15-17,22,26H,5-9,11-14,18-21,23,29H2,1-4H3. The lowest BCUT2D eigenvalue weighted by molar-refractivity contribution is 0.0502. The van der Waals surface area contributed by atoms with Crippen LogP contribution in [-0.2, 0) is 0 Å². The third-order valence-electron chi connectivity index (χ3n) is 5.92. The molecule has 0 heterocycles. The minimum absolute atomic E-state index is 0.299. The lowest BCUT2D eigenvalue weighted by atomic mass is 10.2. The number of nitrogens with zero attached hydrogens (tertiary/aromatic N) is 2. The van der Waals surface area contributed by atoms with Crippen LogP contribution in [0.2, 0.25) is 6.04 Å². The fraction of sp³-hybridized carbons (Fsp3) is 0.692. The van der Waals surface area contributed by atoms with Gasteiger partial charge in [0.25, 0.3) is 0 Å². The van der Waals surface area contributed by atoms with E-state index >= 15 is 0 Å². The van der Waals surface area contributed by atoms with Gasteiger partial charge in [0.05, 0.1) is 15.7 Å². The smallest absolute Gasteiger partial charge is 0.0596 e. The van der Waals surface area contributed by atoms with E-state index in [9.17, 15) is 0 Å². The van der Waals surface area contributed by atoms with Crippen LogP contribution in [0.5, 0.6) is 0 Å². The van der Waals surface area contributed by atoms with Gasteiger partial charge >= 0.3 is 0 Å². The first-order valence-electron chi connectivity index (χ1n) is 12.4. The molecule has 0 saturated heterocycles. The highest BCUT2D eigenvalue weighted by molar-refractivity contribution is 6.53. The number of benzene rings is 1. The van der Waals surface area contributed by atoms with Crippen LogP contribution >= 0.6 is 0 Å². The summed E-state index contributed by atoms with van der Waals surface area (Å²) in [7, 11) is -0.299. The van der Waals surface area contributed by atoms with E-state index in [-0.39, 0.29) is 9.52 Å². The summed E-state index contributed by atoms with van der Waals surface area (Å²) in [6.07, 6.45) is 13.1. The van der Waals surface area contributed by atoms with Crippen LogP contribution in [0.4, 0.5) is 0 Å². The van der Waals surface area contributed by atoms with Crippen LogP contribution < -0.4 is 5.19 Å². The van der Waals surface area contributed by atoms with Crippen molar-refractivity contribution in [3.05, 3.63) is 36.4 Å². The number of hydrogen-bond donors (Lipinski definition) is 0. The first-order chi connectivity index (χ1) is 14.2. The fourth-order valence-corrected chi connectivity index (χ4v) is 6.04. The Kier molecular flexibility index (Phi) is 15.2. The first-order valence-corrected chi connectivity index (χ1v) is 14.1. The Hall–Kier alpha value is -0.903. The summed E-state index contributed by atoms with van der Waals surface area (Å²) in [6.45, 7) is 18.3. The predicted molar refractivity (Wildman–Crippen MR) is 136 cm³/mol. The van der Waals surface area contributed by atoms with Gasteiger partial charge in [-0.2, -0.15) is 0 Å². The normalized spacial score (nSPS) is 12.1. The van der Waals surface area contributed by atoms with Crippen LogP contribution in [0, 0.1) is 0 Å². The average molecular weight is 417 g/mol. The molecular formula is C26H48N2Si. The monoisotopic (exact) mass is 416 g/mol. The molecule has 0 spiro atoms. The van der Waals surface area contributed by atoms with Gasteiger partial charge in [-0.25, -0.2) is 0 Å². The van der Waals surface area contributed by atoms with E-state index in [1.165, 1.54) is 89.2 Å². The first kappa shape index (κ1) is 26.1. The van der Waals surface area contributed by atoms with Crippen molar-refractivity contribution < 1.29 is 0 Å². The molecular weight excluding hydrogens is 368 g/mol. The third kappa shape index (κ3) is 10.6. The molecule has 0 N–H and O–H groups in total. The van der Waals surface area contributed by atoms with Gasteiger partial charge in [0.1, 0.15) is 0 Å². The Morgan fingerprint density at radius 1 is 0.828 bits per heavy atom. The summed E-state index contributed by atoms with van der Waals surface area (Å²) in [5.74, 6) is 0. The molecule has 1 aromatic rings. The van der Waals surface area contributed by atoms with E-state index in [1.54, 1.807) is 5.19 Å². The molecule has 0 aliphatic rings. The lowest BCUT2D eigenvalue weighted by Gasteiger charge is -2.40. The van der Waals surface area contributed by atoms with Crippen molar-refractivity contribution in [3.63, 3.8) is 0 Å². The van der Waals surface area contributed by atoms with Crippen molar-refractivity contribution in [1.82, 2.24) is 9.80 Å². The SMILES string of the molecule is C=Cc1cccc([SiH2]CC(N(CCCC)CCCC)N(CCCC)CCCC)c1. The zero-order chi connectivity index (χ0) is 21.3. The predicted octanol–water partition coefficient (Wildman–Crippen LogP) is 5.67. The van der Waals surface area contributed by atoms with Crippen molar-refractivity contribution in [2.45, 2.75) is 91.3 Å². The van der Waals surface area contributed by atoms with Crippen molar-refractivity contribution in [2.24, 2.45) is 0 Å². The Morgan fingerprint density at radius 2 is 1.31 bits per heavy atom. The quantitative estimate of drug-likeness (QED) is 0.225. The van der Waals surface area contributed by atoms with Gasteiger partial charge in [-0.15, -0.1) is 0 Å². The van der Waals surface area contributed by atoms with Crippen molar-refractivity contribution in [1.29, 1.82) is 0 Å². The van der Waals surface area contributed by atoms with Crippen LogP contribution in [-0.4, -0.2) is 51.7 Å². The third-order valence-corrected chi connectivity index (χ3v) is 7.74. The molecule has 1 aromatic carbocycles. The van der Waals surface area contributed by atoms with Crippen molar-refractivity contribution in [2.75, 3.05) is 26.2 Å². The molecule has 0 radical (unpaired) electrons. The minimum atomic E-state index is -0.299. The van der Waals surface area contributed by atoms with Crippen LogP contribution in [0.1, 0.15) is 84.6 Å². The largest absolute Gasteiger partial charge is 0.288 e. The van der Waals surface area contributed by atoms with Gasteiger partial charge in [0.15, 0.2) is 0 Å². The zero-order valence-electron chi connectivity index (χ0n) is 20.0. The fourth-order valence-electron chi connectivity index (χ4n) is 4.03. The van der Waals surface area contributed by atoms with Gasteiger partial charge in [0, 0.05) is 0 Å². The highest BCUT2D eigenvalue weighted by atomic mass is 28.2. The Labute approximate surface area is 184 Å². The lowest BCUT2D eigenvalue weighted by Crippen LogP contribution is -2.51. The van der Waals surface area contributed by atoms with E-state index in [0.29, 0.717) is 6.17 Å². The van der Waals surface area contributed by atoms with Gasteiger partial charge < -0.3 is 0 Å². The number of hydrogen-bond acceptors (Lipinski definition) is 2. The van der Waals surface area contributed by atoms with Crippen LogP contribution in [0.25, 0.3) is 6.08 Å². The molecule has 1 rings (SSSR count). The second-order valence-electron chi connectivity index (χ2n) is 8.45. The summed E-state index contributed by atoms with van der Waals surface area (Å²) in [5, 5.41) is 1.59. The van der Waals surface area contributed by atoms with Crippen molar-refractivity contribution >= 4 is 20.8 Å². The molecule has 0 aromatic heterocycles. The number of unbranched alkanes of at least 4 members (excludes halogenated alkanes) is 4. The minimum Gasteiger partial charge on any atom is -0.288 e. The summed E-state index contributed by atoms with van der Waals surface area (Å²) in [6, 6.07) is 10.5. The van der Waals surface area contributed by atoms with Crippen LogP contribution in [0.15, 0.2) is 30.8 Å². The Morgan fingerprint density at radius 3 is 1.72 bits per heavy atom. The molecule has 2 nitrogen and oxygen atoms in total. The average Bonchev–Trinajstić information content (AvgIpc) is 2.76. The maximum atomic E-state index is 3.96. The molecule has 0 bridgehead atoms. The maximum absolute atomic E-state index is 3.96. The number of rotatable bonds is 18. The molecule has 0 fully saturated rings. The summed E-state index contributed by atoms with van der Waals surface area (Å²) in [4.78, 5) is 5.70. The topological polar surface area (TPSA) is 6.48 Å². The Balaban J connectivity index is 3.00. The molecule has 0 atom stereocenters. The van der Waals surface area contributed by atoms with E-state index in [2.05, 4.69) is 68.3 Å². The summed E-state index contributed by atoms with van der Waals surface area (Å²) < 4.78 is 0. The van der Waals surface area contributed by atoms with Gasteiger partial charge in [-0.1, -0.05) is 95.5 Å². The summed E-state index contributed by atoms with van der Waals surface area (Å²) in [5.41, 5.74) is 1.27. The molecule has 0 aliphatic carbocycles. The van der Waals surface area contributed by atoms with E-state index in [4.69, 9.17) is 0 Å². The molecule has 29 heavy (non-hydrogen) atoms. The van der Waals surface area contributed by atoms with Crippen molar-refractivity contribution in [3.8, 4) is 0 Å². The molecule has 3 heteroatoms. The van der Waals surface area contributed by atoms with E-state index < -0.39 is 0 Å². The zero-order valence-corrected chi connectivity index (χ0v) is 21.4. The Bertz CT molecular complexity index is 495. The second kappa shape index (κ2) is 16.8. The molecule has 0 aliphatic heterocycles. The maximum Gasteiger partial charge on any atom is 0.0596 e. The molecule has 166 valence electrons. The van der Waals surface area contributed by atoms with E-state index in [1.807, 2.05) is 6.08 Å². The molecule has 0 unspecified atom stereocenters.